The van der Waals surface area contributed by atoms with Crippen molar-refractivity contribution in [2.24, 2.45) is 0 Å². The van der Waals surface area contributed by atoms with Crippen molar-refractivity contribution >= 4 is 11.6 Å². The number of amides is 1. The second-order valence-electron chi connectivity index (χ2n) is 6.05. The van der Waals surface area contributed by atoms with Gasteiger partial charge in [0.2, 0.25) is 0 Å². The van der Waals surface area contributed by atoms with Crippen molar-refractivity contribution in [2.45, 2.75) is 6.92 Å². The molecule has 1 amide bonds. The van der Waals surface area contributed by atoms with Crippen LogP contribution in [0.1, 0.15) is 16.1 Å². The second kappa shape index (κ2) is 6.47. The van der Waals surface area contributed by atoms with E-state index in [-0.39, 0.29) is 5.91 Å². The number of benzene rings is 1. The van der Waals surface area contributed by atoms with Crippen molar-refractivity contribution in [1.29, 1.82) is 0 Å². The van der Waals surface area contributed by atoms with E-state index in [1.807, 2.05) is 23.1 Å². The number of hydrogen-bond donors (Lipinski definition) is 0. The number of carbonyl (C=O) groups excluding carboxylic acids is 1. The summed E-state index contributed by atoms with van der Waals surface area (Å²) in [6.07, 6.45) is 1.56. The minimum absolute atomic E-state index is 0.0575. The van der Waals surface area contributed by atoms with Crippen LogP contribution in [0.5, 0.6) is 0 Å². The van der Waals surface area contributed by atoms with Crippen LogP contribution in [0.15, 0.2) is 57.7 Å². The van der Waals surface area contributed by atoms with Crippen LogP contribution in [0.25, 0.3) is 11.5 Å². The number of furan rings is 1. The summed E-state index contributed by atoms with van der Waals surface area (Å²) in [6, 6.07) is 13.8. The molecule has 4 rings (SSSR count). The first-order valence-electron chi connectivity index (χ1n) is 8.33. The number of aromatic nitrogens is 1. The third-order valence-electron chi connectivity index (χ3n) is 4.52. The van der Waals surface area contributed by atoms with E-state index >= 15 is 0 Å². The van der Waals surface area contributed by atoms with Crippen molar-refractivity contribution in [2.75, 3.05) is 31.1 Å². The van der Waals surface area contributed by atoms with Crippen molar-refractivity contribution < 1.29 is 13.7 Å². The molecule has 0 atom stereocenters. The van der Waals surface area contributed by atoms with Crippen LogP contribution in [0.2, 0.25) is 0 Å². The average Bonchev–Trinajstić information content (AvgIpc) is 3.31. The minimum atomic E-state index is -0.0575. The van der Waals surface area contributed by atoms with Gasteiger partial charge in [0.15, 0.2) is 11.5 Å². The molecule has 6 heteroatoms. The van der Waals surface area contributed by atoms with E-state index in [0.717, 1.165) is 13.1 Å². The molecule has 0 spiro atoms. The van der Waals surface area contributed by atoms with Gasteiger partial charge in [0, 0.05) is 31.9 Å². The van der Waals surface area contributed by atoms with Crippen LogP contribution in [0.3, 0.4) is 0 Å². The van der Waals surface area contributed by atoms with E-state index in [1.165, 1.54) is 5.69 Å². The van der Waals surface area contributed by atoms with Crippen LogP contribution >= 0.6 is 0 Å². The molecule has 0 unspecified atom stereocenters. The van der Waals surface area contributed by atoms with E-state index in [4.69, 9.17) is 8.94 Å². The Morgan fingerprint density at radius 2 is 1.80 bits per heavy atom. The van der Waals surface area contributed by atoms with Gasteiger partial charge in [-0.25, -0.2) is 0 Å². The molecule has 2 aromatic heterocycles. The lowest BCUT2D eigenvalue weighted by molar-refractivity contribution is 0.0745. The smallest absolute Gasteiger partial charge is 0.259 e. The van der Waals surface area contributed by atoms with E-state index < -0.39 is 0 Å². The van der Waals surface area contributed by atoms with Gasteiger partial charge < -0.3 is 18.7 Å². The van der Waals surface area contributed by atoms with E-state index in [2.05, 4.69) is 22.2 Å². The van der Waals surface area contributed by atoms with E-state index in [9.17, 15) is 4.79 Å². The van der Waals surface area contributed by atoms with Crippen LogP contribution in [-0.2, 0) is 0 Å². The summed E-state index contributed by atoms with van der Waals surface area (Å²) < 4.78 is 10.6. The summed E-state index contributed by atoms with van der Waals surface area (Å²) in [6.45, 7) is 4.69. The Labute approximate surface area is 145 Å². The number of rotatable bonds is 3. The monoisotopic (exact) mass is 337 g/mol. The number of aryl methyl sites for hydroxylation is 1. The SMILES string of the molecule is Cc1onc(-c2ccco2)c1C(=O)N1CCN(c2ccccc2)CC1. The number of nitrogens with zero attached hydrogens (tertiary/aromatic N) is 3. The molecular weight excluding hydrogens is 318 g/mol. The molecule has 1 aliphatic heterocycles. The predicted octanol–water partition coefficient (Wildman–Crippen LogP) is 3.21. The maximum atomic E-state index is 13.0. The van der Waals surface area contributed by atoms with Crippen molar-refractivity contribution in [3.63, 3.8) is 0 Å². The number of piperazine rings is 1. The topological polar surface area (TPSA) is 62.7 Å². The molecule has 0 saturated carbocycles. The van der Waals surface area contributed by atoms with Gasteiger partial charge in [0.1, 0.15) is 11.3 Å². The molecular formula is C19H19N3O3. The molecule has 0 aliphatic carbocycles. The number of anilines is 1. The maximum Gasteiger partial charge on any atom is 0.259 e. The first-order chi connectivity index (χ1) is 12.2. The third-order valence-corrected chi connectivity index (χ3v) is 4.52. The maximum absolute atomic E-state index is 13.0. The van der Waals surface area contributed by atoms with Gasteiger partial charge >= 0.3 is 0 Å². The normalized spacial score (nSPS) is 14.8. The van der Waals surface area contributed by atoms with Crippen LogP contribution in [0.4, 0.5) is 5.69 Å². The van der Waals surface area contributed by atoms with Gasteiger partial charge in [-0.05, 0) is 31.2 Å². The summed E-state index contributed by atoms with van der Waals surface area (Å²) in [5.41, 5.74) is 2.15. The summed E-state index contributed by atoms with van der Waals surface area (Å²) >= 11 is 0. The highest BCUT2D eigenvalue weighted by molar-refractivity contribution is 6.00. The van der Waals surface area contributed by atoms with Gasteiger partial charge in [-0.3, -0.25) is 4.79 Å². The molecule has 1 aromatic carbocycles. The second-order valence-corrected chi connectivity index (χ2v) is 6.05. The highest BCUT2D eigenvalue weighted by atomic mass is 16.5. The first-order valence-corrected chi connectivity index (χ1v) is 8.33. The van der Waals surface area contributed by atoms with Crippen LogP contribution in [-0.4, -0.2) is 42.1 Å². The molecule has 3 aromatic rings. The molecule has 1 aliphatic rings. The minimum Gasteiger partial charge on any atom is -0.463 e. The van der Waals surface area contributed by atoms with Crippen LogP contribution < -0.4 is 4.90 Å². The molecule has 0 N–H and O–H groups in total. The Kier molecular flexibility index (Phi) is 4.01. The largest absolute Gasteiger partial charge is 0.463 e. The molecule has 0 radical (unpaired) electrons. The molecule has 25 heavy (non-hydrogen) atoms. The number of para-hydroxylation sites is 1. The third kappa shape index (κ3) is 2.91. The van der Waals surface area contributed by atoms with Gasteiger partial charge in [-0.15, -0.1) is 0 Å². The standard InChI is InChI=1S/C19H19N3O3/c1-14-17(18(20-25-14)16-8-5-13-24-16)19(23)22-11-9-21(10-12-22)15-6-3-2-4-7-15/h2-8,13H,9-12H2,1H3. The fourth-order valence-corrected chi connectivity index (χ4v) is 3.17. The summed E-state index contributed by atoms with van der Waals surface area (Å²) in [5, 5.41) is 4.01. The zero-order valence-corrected chi connectivity index (χ0v) is 14.0. The van der Waals surface area contributed by atoms with Crippen molar-refractivity contribution in [3.05, 3.63) is 60.1 Å². The Morgan fingerprint density at radius 1 is 1.04 bits per heavy atom. The van der Waals surface area contributed by atoms with Gasteiger partial charge in [0.05, 0.1) is 6.26 Å². The van der Waals surface area contributed by atoms with Gasteiger partial charge in [-0.2, -0.15) is 0 Å². The fourth-order valence-electron chi connectivity index (χ4n) is 3.17. The summed E-state index contributed by atoms with van der Waals surface area (Å²) in [4.78, 5) is 17.1. The Morgan fingerprint density at radius 3 is 2.48 bits per heavy atom. The quantitative estimate of drug-likeness (QED) is 0.734. The first kappa shape index (κ1) is 15.5. The number of hydrogen-bond acceptors (Lipinski definition) is 5. The molecule has 128 valence electrons. The summed E-state index contributed by atoms with van der Waals surface area (Å²) in [7, 11) is 0. The number of carbonyl (C=O) groups is 1. The zero-order valence-electron chi connectivity index (χ0n) is 14.0. The highest BCUT2D eigenvalue weighted by Crippen LogP contribution is 2.27. The van der Waals surface area contributed by atoms with Gasteiger partial charge in [0.25, 0.3) is 5.91 Å². The lowest BCUT2D eigenvalue weighted by atomic mass is 10.1. The lowest BCUT2D eigenvalue weighted by Crippen LogP contribution is -2.49. The Hall–Kier alpha value is -3.02. The average molecular weight is 337 g/mol. The molecule has 1 fully saturated rings. The van der Waals surface area contributed by atoms with Crippen molar-refractivity contribution in [3.8, 4) is 11.5 Å². The summed E-state index contributed by atoms with van der Waals surface area (Å²) in [5.74, 6) is 1.00. The zero-order chi connectivity index (χ0) is 17.2. The molecule has 3 heterocycles. The predicted molar refractivity (Wildman–Crippen MR) is 93.5 cm³/mol. The molecule has 6 nitrogen and oxygen atoms in total. The lowest BCUT2D eigenvalue weighted by Gasteiger charge is -2.36. The van der Waals surface area contributed by atoms with E-state index in [0.29, 0.717) is 35.9 Å². The van der Waals surface area contributed by atoms with Crippen molar-refractivity contribution in [1.82, 2.24) is 10.1 Å². The Balaban J connectivity index is 1.51. The van der Waals surface area contributed by atoms with E-state index in [1.54, 1.807) is 25.3 Å². The van der Waals surface area contributed by atoms with Crippen LogP contribution in [0, 0.1) is 6.92 Å². The molecule has 1 saturated heterocycles. The fraction of sp³-hybridized carbons (Fsp3) is 0.263. The van der Waals surface area contributed by atoms with Gasteiger partial charge in [-0.1, -0.05) is 23.4 Å². The Bertz CT molecular complexity index is 847. The molecule has 0 bridgehead atoms. The highest BCUT2D eigenvalue weighted by Gasteiger charge is 2.29.